The van der Waals surface area contributed by atoms with Crippen LogP contribution in [0.15, 0.2) is 24.3 Å². The minimum atomic E-state index is -3.48. The molecule has 0 radical (unpaired) electrons. The minimum absolute atomic E-state index is 0.631. The second-order valence-corrected chi connectivity index (χ2v) is 5.61. The molecule has 84 valence electrons. The molecule has 1 rings (SSSR count). The van der Waals surface area contributed by atoms with E-state index in [-0.39, 0.29) is 0 Å². The van der Waals surface area contributed by atoms with Gasteiger partial charge in [0.1, 0.15) is 0 Å². The molecule has 0 saturated carbocycles. The number of sulfonamides is 1. The van der Waals surface area contributed by atoms with Gasteiger partial charge in [0.05, 0.1) is 5.25 Å². The quantitative estimate of drug-likeness (QED) is 0.855. The van der Waals surface area contributed by atoms with Crippen LogP contribution in [0, 0.1) is 0 Å². The Morgan fingerprint density at radius 1 is 1.27 bits per heavy atom. The molecule has 0 bridgehead atoms. The maximum atomic E-state index is 11.1. The number of hydrogen-bond donors (Lipinski definition) is 1. The predicted molar refractivity (Wildman–Crippen MR) is 62.0 cm³/mol. The SMILES string of the molecule is CCCc1ccc(C(C)S(N)(=O)=O)cc1. The second kappa shape index (κ2) is 4.77. The number of hydrogen-bond acceptors (Lipinski definition) is 2. The molecule has 0 fully saturated rings. The molecule has 0 spiro atoms. The Kier molecular flexibility index (Phi) is 3.88. The van der Waals surface area contributed by atoms with Crippen LogP contribution >= 0.6 is 0 Å². The summed E-state index contributed by atoms with van der Waals surface area (Å²) in [5.41, 5.74) is 1.97. The zero-order valence-corrected chi connectivity index (χ0v) is 9.92. The molecule has 0 heterocycles. The average molecular weight is 227 g/mol. The van der Waals surface area contributed by atoms with Gasteiger partial charge in [0.2, 0.25) is 10.0 Å². The highest BCUT2D eigenvalue weighted by molar-refractivity contribution is 7.89. The highest BCUT2D eigenvalue weighted by Crippen LogP contribution is 2.19. The third kappa shape index (κ3) is 3.32. The first-order chi connectivity index (χ1) is 6.95. The molecular formula is C11H17NO2S. The van der Waals surface area contributed by atoms with Crippen molar-refractivity contribution >= 4 is 10.0 Å². The lowest BCUT2D eigenvalue weighted by atomic mass is 10.1. The number of rotatable bonds is 4. The van der Waals surface area contributed by atoms with Crippen molar-refractivity contribution in [3.05, 3.63) is 35.4 Å². The van der Waals surface area contributed by atoms with Crippen LogP contribution < -0.4 is 5.14 Å². The van der Waals surface area contributed by atoms with E-state index in [0.29, 0.717) is 0 Å². The van der Waals surface area contributed by atoms with Crippen LogP contribution in [0.4, 0.5) is 0 Å². The third-order valence-corrected chi connectivity index (χ3v) is 3.74. The van der Waals surface area contributed by atoms with Crippen molar-refractivity contribution in [3.8, 4) is 0 Å². The predicted octanol–water partition coefficient (Wildman–Crippen LogP) is 1.99. The monoisotopic (exact) mass is 227 g/mol. The van der Waals surface area contributed by atoms with Crippen LogP contribution in [0.2, 0.25) is 0 Å². The Hall–Kier alpha value is -0.870. The van der Waals surface area contributed by atoms with E-state index in [1.165, 1.54) is 5.56 Å². The summed E-state index contributed by atoms with van der Waals surface area (Å²) in [5, 5.41) is 4.45. The van der Waals surface area contributed by atoms with Crippen molar-refractivity contribution in [1.82, 2.24) is 0 Å². The van der Waals surface area contributed by atoms with E-state index in [2.05, 4.69) is 6.92 Å². The Balaban J connectivity index is 2.89. The Bertz CT molecular complexity index is 409. The summed E-state index contributed by atoms with van der Waals surface area (Å²) >= 11 is 0. The molecule has 0 aliphatic carbocycles. The highest BCUT2D eigenvalue weighted by Gasteiger charge is 2.17. The lowest BCUT2D eigenvalue weighted by Crippen LogP contribution is -2.19. The zero-order chi connectivity index (χ0) is 11.5. The van der Waals surface area contributed by atoms with E-state index in [1.807, 2.05) is 24.3 Å². The summed E-state index contributed by atoms with van der Waals surface area (Å²) < 4.78 is 22.2. The standard InChI is InChI=1S/C11H17NO2S/c1-3-4-10-5-7-11(8-6-10)9(2)15(12,13)14/h5-9H,3-4H2,1-2H3,(H2,12,13,14). The van der Waals surface area contributed by atoms with Crippen LogP contribution in [0.1, 0.15) is 36.6 Å². The molecule has 0 amide bonds. The molecule has 0 aliphatic rings. The Morgan fingerprint density at radius 3 is 2.20 bits per heavy atom. The van der Waals surface area contributed by atoms with Crippen LogP contribution in [-0.2, 0) is 16.4 Å². The zero-order valence-electron chi connectivity index (χ0n) is 9.10. The van der Waals surface area contributed by atoms with Gasteiger partial charge >= 0.3 is 0 Å². The lowest BCUT2D eigenvalue weighted by Gasteiger charge is -2.09. The van der Waals surface area contributed by atoms with Crippen LogP contribution in [0.5, 0.6) is 0 Å². The molecule has 1 unspecified atom stereocenters. The van der Waals surface area contributed by atoms with Gasteiger partial charge in [-0.3, -0.25) is 0 Å². The molecule has 2 N–H and O–H groups in total. The Labute approximate surface area is 91.4 Å². The fraction of sp³-hybridized carbons (Fsp3) is 0.455. The van der Waals surface area contributed by atoms with Crippen molar-refractivity contribution in [2.75, 3.05) is 0 Å². The van der Waals surface area contributed by atoms with Gasteiger partial charge in [0.25, 0.3) is 0 Å². The van der Waals surface area contributed by atoms with Crippen molar-refractivity contribution in [2.24, 2.45) is 5.14 Å². The fourth-order valence-electron chi connectivity index (χ4n) is 1.43. The minimum Gasteiger partial charge on any atom is -0.228 e. The first-order valence-corrected chi connectivity index (χ1v) is 6.66. The molecule has 0 aliphatic heterocycles. The number of aryl methyl sites for hydroxylation is 1. The van der Waals surface area contributed by atoms with Crippen LogP contribution in [0.3, 0.4) is 0 Å². The summed E-state index contributed by atoms with van der Waals surface area (Å²) in [6, 6.07) is 7.58. The van der Waals surface area contributed by atoms with Gasteiger partial charge in [0.15, 0.2) is 0 Å². The molecule has 0 saturated heterocycles. The summed E-state index contributed by atoms with van der Waals surface area (Å²) in [6.45, 7) is 3.71. The van der Waals surface area contributed by atoms with Crippen LogP contribution in [-0.4, -0.2) is 8.42 Å². The lowest BCUT2D eigenvalue weighted by molar-refractivity contribution is 0.588. The second-order valence-electron chi connectivity index (χ2n) is 3.72. The molecule has 0 aromatic heterocycles. The topological polar surface area (TPSA) is 60.2 Å². The van der Waals surface area contributed by atoms with Gasteiger partial charge in [-0.15, -0.1) is 0 Å². The van der Waals surface area contributed by atoms with Gasteiger partial charge in [-0.1, -0.05) is 37.6 Å². The van der Waals surface area contributed by atoms with Crippen molar-refractivity contribution in [1.29, 1.82) is 0 Å². The van der Waals surface area contributed by atoms with Gasteiger partial charge in [-0.05, 0) is 24.5 Å². The average Bonchev–Trinajstić information content (AvgIpc) is 2.17. The summed E-state index contributed by atoms with van der Waals surface area (Å²) in [4.78, 5) is 0. The summed E-state index contributed by atoms with van der Waals surface area (Å²) in [5.74, 6) is 0. The molecule has 1 aromatic carbocycles. The largest absolute Gasteiger partial charge is 0.228 e. The van der Waals surface area contributed by atoms with E-state index in [4.69, 9.17) is 5.14 Å². The van der Waals surface area contributed by atoms with Crippen molar-refractivity contribution < 1.29 is 8.42 Å². The molecule has 15 heavy (non-hydrogen) atoms. The maximum Gasteiger partial charge on any atom is 0.215 e. The summed E-state index contributed by atoms with van der Waals surface area (Å²) in [7, 11) is -3.48. The van der Waals surface area contributed by atoms with Gasteiger partial charge in [-0.2, -0.15) is 0 Å². The fourth-order valence-corrected chi connectivity index (χ4v) is 1.97. The molecule has 1 aromatic rings. The van der Waals surface area contributed by atoms with Crippen LogP contribution in [0.25, 0.3) is 0 Å². The number of benzene rings is 1. The first kappa shape index (κ1) is 12.2. The van der Waals surface area contributed by atoms with Gasteiger partial charge in [0, 0.05) is 0 Å². The third-order valence-electron chi connectivity index (χ3n) is 2.48. The van der Waals surface area contributed by atoms with Crippen molar-refractivity contribution in [2.45, 2.75) is 31.9 Å². The highest BCUT2D eigenvalue weighted by atomic mass is 32.2. The number of nitrogens with two attached hydrogens (primary N) is 1. The smallest absolute Gasteiger partial charge is 0.215 e. The van der Waals surface area contributed by atoms with E-state index in [9.17, 15) is 8.42 Å². The summed E-state index contributed by atoms with van der Waals surface area (Å²) in [6.07, 6.45) is 2.11. The molecular weight excluding hydrogens is 210 g/mol. The normalized spacial score (nSPS) is 13.8. The van der Waals surface area contributed by atoms with E-state index in [1.54, 1.807) is 6.92 Å². The van der Waals surface area contributed by atoms with E-state index < -0.39 is 15.3 Å². The van der Waals surface area contributed by atoms with E-state index in [0.717, 1.165) is 18.4 Å². The maximum absolute atomic E-state index is 11.1. The van der Waals surface area contributed by atoms with Crippen molar-refractivity contribution in [3.63, 3.8) is 0 Å². The van der Waals surface area contributed by atoms with E-state index >= 15 is 0 Å². The molecule has 1 atom stereocenters. The van der Waals surface area contributed by atoms with Gasteiger partial charge in [-0.25, -0.2) is 13.6 Å². The molecule has 3 nitrogen and oxygen atoms in total. The number of primary sulfonamides is 1. The first-order valence-electron chi connectivity index (χ1n) is 5.05. The Morgan fingerprint density at radius 2 is 1.80 bits per heavy atom. The van der Waals surface area contributed by atoms with Gasteiger partial charge < -0.3 is 0 Å². The molecule has 4 heteroatoms.